The van der Waals surface area contributed by atoms with Crippen molar-refractivity contribution in [2.45, 2.75) is 38.1 Å². The fourth-order valence-corrected chi connectivity index (χ4v) is 3.45. The Bertz CT molecular complexity index is 608. The quantitative estimate of drug-likeness (QED) is 0.848. The molecule has 0 unspecified atom stereocenters. The van der Waals surface area contributed by atoms with Crippen LogP contribution in [0.4, 0.5) is 11.4 Å². The molecule has 0 saturated heterocycles. The second kappa shape index (κ2) is 6.31. The van der Waals surface area contributed by atoms with Gasteiger partial charge < -0.3 is 15.7 Å². The summed E-state index contributed by atoms with van der Waals surface area (Å²) >= 11 is 0. The van der Waals surface area contributed by atoms with Crippen LogP contribution in [-0.4, -0.2) is 29.3 Å². The van der Waals surface area contributed by atoms with Gasteiger partial charge in [0.15, 0.2) is 0 Å². The first-order chi connectivity index (χ1) is 10.3. The van der Waals surface area contributed by atoms with Gasteiger partial charge in [-0.05, 0) is 31.0 Å². The summed E-state index contributed by atoms with van der Waals surface area (Å²) in [6.07, 6.45) is 9.93. The van der Waals surface area contributed by atoms with Crippen LogP contribution in [0.3, 0.4) is 0 Å². The number of nitrogen functional groups attached to an aromatic ring is 1. The third-order valence-electron chi connectivity index (χ3n) is 4.49. The summed E-state index contributed by atoms with van der Waals surface area (Å²) in [6.45, 7) is 0.847. The van der Waals surface area contributed by atoms with Crippen LogP contribution in [0.15, 0.2) is 30.6 Å². The van der Waals surface area contributed by atoms with Crippen LogP contribution in [0.5, 0.6) is 0 Å². The van der Waals surface area contributed by atoms with Crippen LogP contribution in [0.2, 0.25) is 0 Å². The molecule has 1 aromatic heterocycles. The monoisotopic (exact) mass is 285 g/mol. The Morgan fingerprint density at radius 2 is 1.95 bits per heavy atom. The smallest absolute Gasteiger partial charge is 0.0606 e. The van der Waals surface area contributed by atoms with Crippen molar-refractivity contribution in [1.82, 2.24) is 4.98 Å². The van der Waals surface area contributed by atoms with Gasteiger partial charge in [0, 0.05) is 47.1 Å². The Morgan fingerprint density at radius 3 is 2.71 bits per heavy atom. The van der Waals surface area contributed by atoms with Crippen LogP contribution in [0.25, 0.3) is 10.8 Å². The van der Waals surface area contributed by atoms with E-state index in [-0.39, 0.29) is 6.61 Å². The number of anilines is 2. The number of fused-ring (bicyclic) bond motifs is 1. The van der Waals surface area contributed by atoms with Crippen LogP contribution < -0.4 is 10.6 Å². The summed E-state index contributed by atoms with van der Waals surface area (Å²) in [7, 11) is 0. The van der Waals surface area contributed by atoms with Crippen molar-refractivity contribution in [3.05, 3.63) is 30.6 Å². The molecule has 0 atom stereocenters. The molecule has 1 aliphatic rings. The lowest BCUT2D eigenvalue weighted by Gasteiger charge is -2.36. The predicted molar refractivity (Wildman–Crippen MR) is 87.5 cm³/mol. The molecule has 1 fully saturated rings. The molecule has 0 amide bonds. The van der Waals surface area contributed by atoms with Gasteiger partial charge in [-0.1, -0.05) is 19.3 Å². The van der Waals surface area contributed by atoms with Crippen molar-refractivity contribution < 1.29 is 5.11 Å². The van der Waals surface area contributed by atoms with Crippen molar-refractivity contribution in [1.29, 1.82) is 0 Å². The van der Waals surface area contributed by atoms with Crippen molar-refractivity contribution in [2.24, 2.45) is 0 Å². The van der Waals surface area contributed by atoms with Gasteiger partial charge in [0.2, 0.25) is 0 Å². The lowest BCUT2D eigenvalue weighted by molar-refractivity contribution is 0.290. The summed E-state index contributed by atoms with van der Waals surface area (Å²) in [5.41, 5.74) is 8.00. The fraction of sp³-hybridized carbons (Fsp3) is 0.471. The third kappa shape index (κ3) is 2.81. The summed E-state index contributed by atoms with van der Waals surface area (Å²) in [4.78, 5) is 6.55. The summed E-state index contributed by atoms with van der Waals surface area (Å²) in [5, 5.41) is 11.6. The van der Waals surface area contributed by atoms with Crippen LogP contribution >= 0.6 is 0 Å². The zero-order valence-corrected chi connectivity index (χ0v) is 12.3. The van der Waals surface area contributed by atoms with E-state index in [0.717, 1.165) is 16.5 Å². The van der Waals surface area contributed by atoms with Gasteiger partial charge in [0.1, 0.15) is 0 Å². The molecular weight excluding hydrogens is 262 g/mol. The topological polar surface area (TPSA) is 62.4 Å². The van der Waals surface area contributed by atoms with Crippen molar-refractivity contribution in [2.75, 3.05) is 23.8 Å². The highest BCUT2D eigenvalue weighted by Crippen LogP contribution is 2.34. The van der Waals surface area contributed by atoms with E-state index in [1.807, 2.05) is 24.5 Å². The van der Waals surface area contributed by atoms with Gasteiger partial charge in [0.05, 0.1) is 6.61 Å². The standard InChI is InChI=1S/C17H23N3O/c18-16-6-7-17(14-8-9-19-12-15(14)16)20(10-11-21)13-4-2-1-3-5-13/h6-9,12-13,21H,1-5,10-11,18H2. The van der Waals surface area contributed by atoms with E-state index in [1.165, 1.54) is 37.8 Å². The van der Waals surface area contributed by atoms with Gasteiger partial charge in [-0.25, -0.2) is 0 Å². The molecular formula is C17H23N3O. The van der Waals surface area contributed by atoms with Crippen molar-refractivity contribution in [3.63, 3.8) is 0 Å². The lowest BCUT2D eigenvalue weighted by Crippen LogP contribution is -2.39. The molecule has 112 valence electrons. The number of rotatable bonds is 4. The number of aliphatic hydroxyl groups excluding tert-OH is 1. The minimum absolute atomic E-state index is 0.174. The lowest BCUT2D eigenvalue weighted by atomic mass is 9.93. The molecule has 3 rings (SSSR count). The molecule has 1 heterocycles. The van der Waals surface area contributed by atoms with Gasteiger partial charge in [-0.2, -0.15) is 0 Å². The van der Waals surface area contributed by atoms with Crippen LogP contribution in [-0.2, 0) is 0 Å². The highest BCUT2D eigenvalue weighted by atomic mass is 16.3. The first kappa shape index (κ1) is 14.1. The van der Waals surface area contributed by atoms with Crippen LogP contribution in [0, 0.1) is 0 Å². The maximum Gasteiger partial charge on any atom is 0.0606 e. The number of nitrogens with zero attached hydrogens (tertiary/aromatic N) is 2. The van der Waals surface area contributed by atoms with E-state index in [9.17, 15) is 5.11 Å². The minimum atomic E-state index is 0.174. The maximum atomic E-state index is 9.48. The largest absolute Gasteiger partial charge is 0.398 e. The molecule has 0 bridgehead atoms. The first-order valence-corrected chi connectivity index (χ1v) is 7.81. The Balaban J connectivity index is 2.04. The van der Waals surface area contributed by atoms with Crippen molar-refractivity contribution in [3.8, 4) is 0 Å². The Hall–Kier alpha value is -1.81. The van der Waals surface area contributed by atoms with Gasteiger partial charge in [-0.3, -0.25) is 4.98 Å². The molecule has 0 spiro atoms. The summed E-state index contributed by atoms with van der Waals surface area (Å²) in [6, 6.07) is 6.58. The van der Waals surface area contributed by atoms with Gasteiger partial charge >= 0.3 is 0 Å². The average molecular weight is 285 g/mol. The molecule has 0 radical (unpaired) electrons. The Labute approximate surface area is 125 Å². The number of aromatic nitrogens is 1. The van der Waals surface area contributed by atoms with E-state index in [0.29, 0.717) is 12.6 Å². The molecule has 1 aliphatic carbocycles. The first-order valence-electron chi connectivity index (χ1n) is 7.81. The van der Waals surface area contributed by atoms with E-state index in [4.69, 9.17) is 5.73 Å². The molecule has 2 aromatic rings. The summed E-state index contributed by atoms with van der Waals surface area (Å²) < 4.78 is 0. The third-order valence-corrected chi connectivity index (χ3v) is 4.49. The predicted octanol–water partition coefficient (Wildman–Crippen LogP) is 2.95. The summed E-state index contributed by atoms with van der Waals surface area (Å²) in [5.74, 6) is 0. The molecule has 21 heavy (non-hydrogen) atoms. The molecule has 1 aromatic carbocycles. The molecule has 4 heteroatoms. The number of hydrogen-bond donors (Lipinski definition) is 2. The van der Waals surface area contributed by atoms with Crippen LogP contribution in [0.1, 0.15) is 32.1 Å². The highest BCUT2D eigenvalue weighted by Gasteiger charge is 2.22. The Kier molecular flexibility index (Phi) is 4.25. The average Bonchev–Trinajstić information content (AvgIpc) is 2.55. The number of hydrogen-bond acceptors (Lipinski definition) is 4. The van der Waals surface area contributed by atoms with E-state index in [1.54, 1.807) is 0 Å². The Morgan fingerprint density at radius 1 is 1.14 bits per heavy atom. The SMILES string of the molecule is Nc1ccc(N(CCO)C2CCCCC2)c2ccncc12. The van der Waals surface area contributed by atoms with E-state index in [2.05, 4.69) is 16.0 Å². The zero-order valence-electron chi connectivity index (χ0n) is 12.3. The zero-order chi connectivity index (χ0) is 14.7. The minimum Gasteiger partial charge on any atom is -0.398 e. The van der Waals surface area contributed by atoms with E-state index >= 15 is 0 Å². The fourth-order valence-electron chi connectivity index (χ4n) is 3.45. The number of nitrogens with two attached hydrogens (primary N) is 1. The normalized spacial score (nSPS) is 16.2. The number of aliphatic hydroxyl groups is 1. The number of benzene rings is 1. The molecule has 3 N–H and O–H groups in total. The highest BCUT2D eigenvalue weighted by molar-refractivity contribution is 6.00. The van der Waals surface area contributed by atoms with Crippen molar-refractivity contribution >= 4 is 22.1 Å². The second-order valence-electron chi connectivity index (χ2n) is 5.80. The number of pyridine rings is 1. The molecule has 4 nitrogen and oxygen atoms in total. The second-order valence-corrected chi connectivity index (χ2v) is 5.80. The van der Waals surface area contributed by atoms with E-state index < -0.39 is 0 Å². The van der Waals surface area contributed by atoms with Gasteiger partial charge in [0.25, 0.3) is 0 Å². The molecule has 0 aliphatic heterocycles. The molecule has 1 saturated carbocycles. The van der Waals surface area contributed by atoms with Gasteiger partial charge in [-0.15, -0.1) is 0 Å². The maximum absolute atomic E-state index is 9.48.